The topological polar surface area (TPSA) is 63.1 Å². The van der Waals surface area contributed by atoms with Gasteiger partial charge in [0, 0.05) is 73.9 Å². The van der Waals surface area contributed by atoms with Crippen molar-refractivity contribution in [1.82, 2.24) is 24.2 Å². The fourth-order valence-electron chi connectivity index (χ4n) is 4.37. The number of nitrogens with one attached hydrogen (secondary N) is 1. The van der Waals surface area contributed by atoms with Crippen LogP contribution >= 0.6 is 30.3 Å². The highest BCUT2D eigenvalue weighted by Gasteiger charge is 2.18. The molecule has 0 atom stereocenters. The molecule has 0 saturated heterocycles. The smallest absolute Gasteiger partial charge is 0.253 e. The fraction of sp³-hybridized carbons (Fsp3) is 0.240. The third-order valence-electron chi connectivity index (χ3n) is 6.12. The van der Waals surface area contributed by atoms with Gasteiger partial charge in [-0.25, -0.2) is 9.97 Å². The molecule has 0 bridgehead atoms. The maximum atomic E-state index is 12.3. The number of carbonyl (C=O) groups excluding carboxylic acids is 1. The lowest BCUT2D eigenvalue weighted by Gasteiger charge is -2.20. The first-order valence-corrected chi connectivity index (χ1v) is 14.1. The maximum absolute atomic E-state index is 12.3. The Kier molecular flexibility index (Phi) is 6.15. The number of halogens is 1. The number of aryl methyl sites for hydroxylation is 1. The Balaban J connectivity index is 1.61. The molecule has 0 fully saturated rings. The molecule has 33 heavy (non-hydrogen) atoms. The zero-order valence-corrected chi connectivity index (χ0v) is 21.7. The summed E-state index contributed by atoms with van der Waals surface area (Å²) in [5, 5.41) is 3.46. The van der Waals surface area contributed by atoms with E-state index >= 15 is 0 Å². The Morgan fingerprint density at radius 3 is 2.70 bits per heavy atom. The zero-order chi connectivity index (χ0) is 23.1. The number of hydrogen-bond donors (Lipinski definition) is 1. The van der Waals surface area contributed by atoms with E-state index in [4.69, 9.17) is 9.97 Å². The van der Waals surface area contributed by atoms with Crippen LogP contribution in [0.3, 0.4) is 0 Å². The van der Waals surface area contributed by atoms with Gasteiger partial charge >= 0.3 is 0 Å². The van der Waals surface area contributed by atoms with Crippen molar-refractivity contribution in [2.75, 3.05) is 20.6 Å². The number of amides is 1. The third-order valence-corrected chi connectivity index (χ3v) is 7.82. The van der Waals surface area contributed by atoms with Gasteiger partial charge in [-0.05, 0) is 66.4 Å². The fourth-order valence-corrected chi connectivity index (χ4v) is 5.61. The lowest BCUT2D eigenvalue weighted by atomic mass is 9.93. The van der Waals surface area contributed by atoms with Gasteiger partial charge in [0.1, 0.15) is 5.52 Å². The average molecular weight is 569 g/mol. The molecule has 8 heteroatoms. The average Bonchev–Trinajstić information content (AvgIpc) is 3.21. The van der Waals surface area contributed by atoms with Gasteiger partial charge in [-0.2, -0.15) is 0 Å². The van der Waals surface area contributed by atoms with Crippen molar-refractivity contribution in [3.63, 3.8) is 0 Å². The second kappa shape index (κ2) is 9.08. The van der Waals surface area contributed by atoms with Crippen molar-refractivity contribution in [3.8, 4) is 22.4 Å². The molecule has 6 nitrogen and oxygen atoms in total. The van der Waals surface area contributed by atoms with Crippen molar-refractivity contribution in [3.05, 3.63) is 71.0 Å². The van der Waals surface area contributed by atoms with E-state index in [2.05, 4.69) is 51.8 Å². The van der Waals surface area contributed by atoms with Crippen LogP contribution in [0.4, 0.5) is 0 Å². The first kappa shape index (κ1) is 22.4. The Hall–Kier alpha value is -2.43. The summed E-state index contributed by atoms with van der Waals surface area (Å²) in [5.74, 6) is -0.00754. The van der Waals surface area contributed by atoms with Crippen LogP contribution in [0.1, 0.15) is 27.0 Å². The lowest BCUT2D eigenvalue weighted by Crippen LogP contribution is -2.24. The second-order valence-corrected chi connectivity index (χ2v) is 10.2. The highest BCUT2D eigenvalue weighted by atomic mass is 127. The molecule has 1 aliphatic rings. The molecule has 1 amide bonds. The van der Waals surface area contributed by atoms with Crippen LogP contribution in [0.2, 0.25) is 0 Å². The molecule has 1 N–H and O–H groups in total. The summed E-state index contributed by atoms with van der Waals surface area (Å²) >= 11 is 2.26. The van der Waals surface area contributed by atoms with Gasteiger partial charge in [-0.3, -0.25) is 8.77 Å². The van der Waals surface area contributed by atoms with Gasteiger partial charge in [0.2, 0.25) is 0 Å². The number of nitrogens with zero attached hydrogens (tertiary/aromatic N) is 4. The second-order valence-electron chi connectivity index (χ2n) is 8.50. The highest BCUT2D eigenvalue weighted by Crippen LogP contribution is 2.35. The van der Waals surface area contributed by atoms with E-state index in [1.54, 1.807) is 28.1 Å². The van der Waals surface area contributed by atoms with Gasteiger partial charge in [0.25, 0.3) is 5.91 Å². The minimum atomic E-state index is -0.00754. The van der Waals surface area contributed by atoms with E-state index in [1.165, 1.54) is 16.7 Å². The molecule has 0 unspecified atom stereocenters. The van der Waals surface area contributed by atoms with Crippen LogP contribution in [-0.4, -0.2) is 45.4 Å². The van der Waals surface area contributed by atoms with Gasteiger partial charge in [0.15, 0.2) is 5.65 Å². The molecule has 1 aliphatic heterocycles. The monoisotopic (exact) mass is 569 g/mol. The van der Waals surface area contributed by atoms with Crippen molar-refractivity contribution in [2.24, 2.45) is 0 Å². The zero-order valence-electron chi connectivity index (χ0n) is 18.7. The summed E-state index contributed by atoms with van der Waals surface area (Å²) in [6.45, 7) is 4.11. The number of benzene rings is 2. The lowest BCUT2D eigenvalue weighted by molar-refractivity contribution is 0.0827. The number of aromatic nitrogens is 3. The molecule has 2 aromatic heterocycles. The Morgan fingerprint density at radius 2 is 1.97 bits per heavy atom. The van der Waals surface area contributed by atoms with Crippen molar-refractivity contribution < 1.29 is 4.79 Å². The van der Waals surface area contributed by atoms with Crippen LogP contribution in [0.15, 0.2) is 48.8 Å². The molecule has 4 aromatic rings. The van der Waals surface area contributed by atoms with Crippen molar-refractivity contribution in [1.29, 1.82) is 0 Å². The standard InChI is InChI=1S/C25H24IN5OS/c1-15-10-19(11-18-8-9-27-12-20(15)18)22-13-28-24-23(29-22)21(14-31(24)33-26)16-4-6-17(7-5-16)25(32)30(2)3/h4-7,10-11,13-14,27H,8-9,12H2,1-3H3. The van der Waals surface area contributed by atoms with Crippen LogP contribution in [0.5, 0.6) is 0 Å². The number of carbonyl (C=O) groups is 1. The Labute approximate surface area is 209 Å². The first-order valence-electron chi connectivity index (χ1n) is 10.8. The highest BCUT2D eigenvalue weighted by molar-refractivity contribution is 14.2. The van der Waals surface area contributed by atoms with E-state index in [0.717, 1.165) is 53.1 Å². The van der Waals surface area contributed by atoms with Gasteiger partial charge in [0.05, 0.1) is 11.9 Å². The Morgan fingerprint density at radius 1 is 1.18 bits per heavy atom. The molecule has 0 saturated carbocycles. The van der Waals surface area contributed by atoms with Crippen molar-refractivity contribution >= 4 is 47.4 Å². The molecular formula is C25H24IN5OS. The van der Waals surface area contributed by atoms with E-state index in [9.17, 15) is 4.79 Å². The number of fused-ring (bicyclic) bond motifs is 2. The van der Waals surface area contributed by atoms with E-state index in [1.807, 2.05) is 34.4 Å². The summed E-state index contributed by atoms with van der Waals surface area (Å²) in [5.41, 5.74) is 10.5. The summed E-state index contributed by atoms with van der Waals surface area (Å²) in [7, 11) is 5.09. The van der Waals surface area contributed by atoms with Crippen LogP contribution < -0.4 is 5.32 Å². The Bertz CT molecular complexity index is 1360. The molecular weight excluding hydrogens is 545 g/mol. The number of hydrogen-bond acceptors (Lipinski definition) is 5. The largest absolute Gasteiger partial charge is 0.345 e. The van der Waals surface area contributed by atoms with E-state index < -0.39 is 0 Å². The normalized spacial score (nSPS) is 13.2. The molecule has 0 spiro atoms. The predicted octanol–water partition coefficient (Wildman–Crippen LogP) is 5.27. The molecule has 168 valence electrons. The first-order chi connectivity index (χ1) is 16.0. The van der Waals surface area contributed by atoms with E-state index in [-0.39, 0.29) is 5.91 Å². The van der Waals surface area contributed by atoms with Crippen LogP contribution in [0, 0.1) is 6.92 Å². The summed E-state index contributed by atoms with van der Waals surface area (Å²) < 4.78 is 2.03. The minimum Gasteiger partial charge on any atom is -0.345 e. The van der Waals surface area contributed by atoms with Crippen molar-refractivity contribution in [2.45, 2.75) is 19.9 Å². The summed E-state index contributed by atoms with van der Waals surface area (Å²) in [6.07, 6.45) is 4.97. The van der Waals surface area contributed by atoms with Gasteiger partial charge in [-0.15, -0.1) is 0 Å². The quantitative estimate of drug-likeness (QED) is 0.340. The third kappa shape index (κ3) is 4.15. The minimum absolute atomic E-state index is 0.00754. The molecule has 2 aromatic carbocycles. The number of rotatable bonds is 4. The SMILES string of the molecule is Cc1cc(-c2cnc3c(n2)c(-c2ccc(C(=O)N(C)C)cc2)cn3SI)cc2c1CNCC2. The van der Waals surface area contributed by atoms with Crippen LogP contribution in [0.25, 0.3) is 33.5 Å². The maximum Gasteiger partial charge on any atom is 0.253 e. The molecule has 0 radical (unpaired) electrons. The van der Waals surface area contributed by atoms with Crippen LogP contribution in [-0.2, 0) is 13.0 Å². The molecule has 5 rings (SSSR count). The summed E-state index contributed by atoms with van der Waals surface area (Å²) in [6, 6.07) is 12.2. The molecule has 3 heterocycles. The summed E-state index contributed by atoms with van der Waals surface area (Å²) in [4.78, 5) is 23.7. The van der Waals surface area contributed by atoms with Gasteiger partial charge < -0.3 is 10.2 Å². The predicted molar refractivity (Wildman–Crippen MR) is 144 cm³/mol. The van der Waals surface area contributed by atoms with E-state index in [0.29, 0.717) is 5.56 Å². The van der Waals surface area contributed by atoms with Gasteiger partial charge in [-0.1, -0.05) is 12.1 Å². The molecule has 0 aliphatic carbocycles.